The Balaban J connectivity index is 2.38. The van der Waals surface area contributed by atoms with Crippen LogP contribution < -0.4 is 0 Å². The molecule has 0 aromatic heterocycles. The van der Waals surface area contributed by atoms with Crippen LogP contribution in [0.25, 0.3) is 0 Å². The Kier molecular flexibility index (Phi) is 6.70. The first-order valence-electron chi connectivity index (χ1n) is 6.14. The molecular weight excluding hydrogens is 315 g/mol. The lowest BCUT2D eigenvalue weighted by Crippen LogP contribution is -2.08. The molecule has 0 radical (unpaired) electrons. The number of aryl methyl sites for hydroxylation is 1. The van der Waals surface area contributed by atoms with Crippen LogP contribution in [0.4, 0.5) is 4.39 Å². The molecule has 0 aliphatic heterocycles. The van der Waals surface area contributed by atoms with Gasteiger partial charge in [0, 0.05) is 12.8 Å². The zero-order chi connectivity index (χ0) is 14.3. The van der Waals surface area contributed by atoms with Crippen LogP contribution in [0.3, 0.4) is 0 Å². The van der Waals surface area contributed by atoms with Crippen LogP contribution in [0, 0.1) is 5.82 Å². The van der Waals surface area contributed by atoms with Gasteiger partial charge in [-0.1, -0.05) is 12.1 Å². The van der Waals surface area contributed by atoms with Crippen molar-refractivity contribution >= 4 is 27.7 Å². The number of halogens is 2. The van der Waals surface area contributed by atoms with Crippen LogP contribution >= 0.6 is 15.9 Å². The summed E-state index contributed by atoms with van der Waals surface area (Å²) in [6.07, 6.45) is 1.03. The second-order valence-corrected chi connectivity index (χ2v) is 4.85. The minimum Gasteiger partial charge on any atom is -0.466 e. The largest absolute Gasteiger partial charge is 0.466 e. The summed E-state index contributed by atoms with van der Waals surface area (Å²) >= 11 is 3.15. The van der Waals surface area contributed by atoms with Crippen molar-refractivity contribution in [2.45, 2.75) is 32.6 Å². The van der Waals surface area contributed by atoms with E-state index in [2.05, 4.69) is 15.9 Å². The number of carbonyl (C=O) groups excluding carboxylic acids is 2. The van der Waals surface area contributed by atoms with E-state index in [1.807, 2.05) is 0 Å². The predicted octanol–water partition coefficient (Wildman–Crippen LogP) is 3.43. The van der Waals surface area contributed by atoms with Crippen LogP contribution in [0.1, 0.15) is 31.7 Å². The first-order chi connectivity index (χ1) is 9.04. The van der Waals surface area contributed by atoms with E-state index in [4.69, 9.17) is 4.74 Å². The molecule has 0 N–H and O–H groups in total. The van der Waals surface area contributed by atoms with E-state index in [1.165, 1.54) is 6.07 Å². The molecule has 0 heterocycles. The number of hydrogen-bond donors (Lipinski definition) is 0. The number of Topliss-reactive ketones (excluding diaryl/α,β-unsaturated/α-hetero) is 1. The lowest BCUT2D eigenvalue weighted by molar-refractivity contribution is -0.144. The van der Waals surface area contributed by atoms with Gasteiger partial charge in [0.15, 0.2) is 0 Å². The van der Waals surface area contributed by atoms with Crippen LogP contribution in [0.15, 0.2) is 22.7 Å². The average molecular weight is 331 g/mol. The Morgan fingerprint density at radius 1 is 1.26 bits per heavy atom. The third-order valence-electron chi connectivity index (χ3n) is 2.62. The molecule has 0 bridgehead atoms. The maximum atomic E-state index is 13.2. The fourth-order valence-electron chi connectivity index (χ4n) is 1.62. The number of ether oxygens (including phenoxy) is 1. The van der Waals surface area contributed by atoms with E-state index in [1.54, 1.807) is 19.1 Å². The lowest BCUT2D eigenvalue weighted by atomic mass is 10.1. The summed E-state index contributed by atoms with van der Waals surface area (Å²) in [5, 5.41) is 0. The molecule has 0 unspecified atom stereocenters. The molecular formula is C14H16BrFO3. The van der Waals surface area contributed by atoms with E-state index < -0.39 is 0 Å². The number of hydrogen-bond acceptors (Lipinski definition) is 3. The highest BCUT2D eigenvalue weighted by Gasteiger charge is 2.10. The summed E-state index contributed by atoms with van der Waals surface area (Å²) in [5.74, 6) is -0.719. The number of esters is 1. The van der Waals surface area contributed by atoms with E-state index in [0.29, 0.717) is 23.9 Å². The second-order valence-electron chi connectivity index (χ2n) is 4.06. The van der Waals surface area contributed by atoms with Gasteiger partial charge in [0.05, 0.1) is 17.5 Å². The zero-order valence-electron chi connectivity index (χ0n) is 10.7. The highest BCUT2D eigenvalue weighted by molar-refractivity contribution is 9.10. The van der Waals surface area contributed by atoms with Crippen molar-refractivity contribution in [3.63, 3.8) is 0 Å². The summed E-state index contributed by atoms with van der Waals surface area (Å²) in [7, 11) is 0. The highest BCUT2D eigenvalue weighted by Crippen LogP contribution is 2.21. The molecule has 104 valence electrons. The lowest BCUT2D eigenvalue weighted by Gasteiger charge is -2.05. The first-order valence-corrected chi connectivity index (χ1v) is 6.94. The maximum Gasteiger partial charge on any atom is 0.306 e. The number of ketones is 1. The van der Waals surface area contributed by atoms with Gasteiger partial charge in [-0.25, -0.2) is 4.39 Å². The normalized spacial score (nSPS) is 10.3. The molecule has 5 heteroatoms. The van der Waals surface area contributed by atoms with Gasteiger partial charge >= 0.3 is 5.97 Å². The number of carbonyl (C=O) groups is 2. The molecule has 0 fully saturated rings. The molecule has 19 heavy (non-hydrogen) atoms. The molecule has 1 aromatic carbocycles. The van der Waals surface area contributed by atoms with Crippen molar-refractivity contribution in [3.05, 3.63) is 34.1 Å². The average Bonchev–Trinajstić information content (AvgIpc) is 2.38. The molecule has 1 rings (SSSR count). The predicted molar refractivity (Wildman–Crippen MR) is 73.3 cm³/mol. The Bertz CT molecular complexity index is 460. The van der Waals surface area contributed by atoms with Gasteiger partial charge in [0.2, 0.25) is 0 Å². The van der Waals surface area contributed by atoms with Crippen LogP contribution in [-0.4, -0.2) is 18.4 Å². The Morgan fingerprint density at radius 3 is 2.68 bits per heavy atom. The van der Waals surface area contributed by atoms with E-state index >= 15 is 0 Å². The number of rotatable bonds is 7. The van der Waals surface area contributed by atoms with Gasteiger partial charge < -0.3 is 4.74 Å². The fourth-order valence-corrected chi connectivity index (χ4v) is 2.08. The molecule has 0 atom stereocenters. The number of benzene rings is 1. The Hall–Kier alpha value is -1.23. The molecule has 0 saturated heterocycles. The minimum atomic E-state index is -0.359. The van der Waals surface area contributed by atoms with Gasteiger partial charge in [-0.2, -0.15) is 0 Å². The van der Waals surface area contributed by atoms with E-state index in [9.17, 15) is 14.0 Å². The van der Waals surface area contributed by atoms with Gasteiger partial charge in [-0.05, 0) is 40.9 Å². The molecule has 0 saturated carbocycles. The zero-order valence-corrected chi connectivity index (χ0v) is 12.3. The smallest absolute Gasteiger partial charge is 0.306 e. The monoisotopic (exact) mass is 330 g/mol. The first kappa shape index (κ1) is 15.8. The van der Waals surface area contributed by atoms with Crippen LogP contribution in [-0.2, 0) is 20.7 Å². The van der Waals surface area contributed by atoms with Crippen LogP contribution in [0.5, 0.6) is 0 Å². The van der Waals surface area contributed by atoms with Gasteiger partial charge in [0.25, 0.3) is 0 Å². The van der Waals surface area contributed by atoms with Crippen molar-refractivity contribution in [1.82, 2.24) is 0 Å². The van der Waals surface area contributed by atoms with E-state index in [0.717, 1.165) is 5.56 Å². The Labute approximate surface area is 120 Å². The van der Waals surface area contributed by atoms with Crippen molar-refractivity contribution < 1.29 is 18.7 Å². The summed E-state index contributed by atoms with van der Waals surface area (Å²) in [5.41, 5.74) is 0.754. The van der Waals surface area contributed by atoms with E-state index in [-0.39, 0.29) is 30.4 Å². The van der Waals surface area contributed by atoms with Gasteiger partial charge in [0.1, 0.15) is 11.6 Å². The second kappa shape index (κ2) is 8.04. The maximum absolute atomic E-state index is 13.2. The molecule has 1 aromatic rings. The summed E-state index contributed by atoms with van der Waals surface area (Å²) in [6.45, 7) is 2.05. The molecule has 0 aliphatic rings. The standard InChI is InChI=1S/C14H16BrFO3/c1-2-19-13(18)9-8-11(17)7-6-10-4-3-5-12(16)14(10)15/h3-5H,2,6-9H2,1H3. The SMILES string of the molecule is CCOC(=O)CCC(=O)CCc1cccc(F)c1Br. The summed E-state index contributed by atoms with van der Waals surface area (Å²) in [4.78, 5) is 22.7. The van der Waals surface area contributed by atoms with Crippen molar-refractivity contribution in [1.29, 1.82) is 0 Å². The van der Waals surface area contributed by atoms with Gasteiger partial charge in [-0.3, -0.25) is 9.59 Å². The minimum absolute atomic E-state index is 0.0239. The third kappa shape index (κ3) is 5.51. The van der Waals surface area contributed by atoms with Crippen molar-refractivity contribution in [2.75, 3.05) is 6.61 Å². The summed E-state index contributed by atoms with van der Waals surface area (Å²) < 4.78 is 18.4. The fraction of sp³-hybridized carbons (Fsp3) is 0.429. The van der Waals surface area contributed by atoms with Crippen molar-refractivity contribution in [2.24, 2.45) is 0 Å². The highest BCUT2D eigenvalue weighted by atomic mass is 79.9. The van der Waals surface area contributed by atoms with Crippen molar-refractivity contribution in [3.8, 4) is 0 Å². The Morgan fingerprint density at radius 2 is 2.00 bits per heavy atom. The van der Waals surface area contributed by atoms with Gasteiger partial charge in [-0.15, -0.1) is 0 Å². The third-order valence-corrected chi connectivity index (χ3v) is 3.51. The molecule has 0 aliphatic carbocycles. The topological polar surface area (TPSA) is 43.4 Å². The molecule has 3 nitrogen and oxygen atoms in total. The quantitative estimate of drug-likeness (QED) is 0.719. The summed E-state index contributed by atoms with van der Waals surface area (Å²) in [6, 6.07) is 4.74. The molecule has 0 amide bonds. The van der Waals surface area contributed by atoms with Crippen LogP contribution in [0.2, 0.25) is 0 Å². The molecule has 0 spiro atoms.